The molecule has 1 unspecified atom stereocenters. The second-order valence-electron chi connectivity index (χ2n) is 3.46. The Kier molecular flexibility index (Phi) is 8.13. The number of amides is 4. The largest absolute Gasteiger partial charge is 0.356 e. The van der Waals surface area contributed by atoms with Crippen molar-refractivity contribution in [3.63, 3.8) is 0 Å². The van der Waals surface area contributed by atoms with Crippen LogP contribution in [0.5, 0.6) is 0 Å². The molecule has 6 nitrogen and oxygen atoms in total. The molecule has 0 aromatic heterocycles. The normalized spacial score (nSPS) is 11.5. The Morgan fingerprint density at radius 3 is 2.35 bits per heavy atom. The molecule has 0 aliphatic rings. The number of hydrogen-bond acceptors (Lipinski definition) is 3. The Morgan fingerprint density at radius 1 is 1.18 bits per heavy atom. The molecule has 0 aromatic carbocycles. The van der Waals surface area contributed by atoms with Crippen LogP contribution in [0, 0.1) is 0 Å². The molecule has 0 spiro atoms. The van der Waals surface area contributed by atoms with Crippen LogP contribution < -0.4 is 16.0 Å². The maximum absolute atomic E-state index is 11.1. The summed E-state index contributed by atoms with van der Waals surface area (Å²) in [5, 5.41) is 6.33. The summed E-state index contributed by atoms with van der Waals surface area (Å²) < 4.78 is 0. The van der Waals surface area contributed by atoms with Crippen LogP contribution in [0.15, 0.2) is 0 Å². The van der Waals surface area contributed by atoms with Gasteiger partial charge in [-0.05, 0) is 13.3 Å². The molecule has 0 bridgehead atoms. The first-order chi connectivity index (χ1) is 7.97. The van der Waals surface area contributed by atoms with Crippen LogP contribution in [0.25, 0.3) is 0 Å². The fraction of sp³-hybridized carbons (Fsp3) is 0.700. The average molecular weight is 264 g/mol. The van der Waals surface area contributed by atoms with Crippen LogP contribution in [0.1, 0.15) is 26.7 Å². The van der Waals surface area contributed by atoms with Crippen molar-refractivity contribution in [3.05, 3.63) is 0 Å². The lowest BCUT2D eigenvalue weighted by atomic mass is 10.4. The van der Waals surface area contributed by atoms with E-state index >= 15 is 0 Å². The van der Waals surface area contributed by atoms with E-state index in [1.807, 2.05) is 12.2 Å². The molecule has 0 aliphatic carbocycles. The first-order valence-corrected chi connectivity index (χ1v) is 5.90. The van der Waals surface area contributed by atoms with Gasteiger partial charge in [0.1, 0.15) is 5.38 Å². The van der Waals surface area contributed by atoms with Gasteiger partial charge < -0.3 is 10.6 Å². The van der Waals surface area contributed by atoms with E-state index in [9.17, 15) is 14.4 Å². The molecule has 0 radical (unpaired) electrons. The summed E-state index contributed by atoms with van der Waals surface area (Å²) in [7, 11) is 0. The minimum atomic E-state index is -0.770. The van der Waals surface area contributed by atoms with Crippen molar-refractivity contribution >= 4 is 29.4 Å². The molecule has 98 valence electrons. The number of alkyl halides is 1. The summed E-state index contributed by atoms with van der Waals surface area (Å²) in [6, 6.07) is -0.647. The highest BCUT2D eigenvalue weighted by Gasteiger charge is 2.12. The molecule has 0 aliphatic heterocycles. The minimum Gasteiger partial charge on any atom is -0.356 e. The Hall–Kier alpha value is -1.30. The molecule has 0 saturated heterocycles. The van der Waals surface area contributed by atoms with Crippen LogP contribution in [0.3, 0.4) is 0 Å². The van der Waals surface area contributed by atoms with Gasteiger partial charge in [0.2, 0.25) is 11.8 Å². The van der Waals surface area contributed by atoms with Crippen molar-refractivity contribution in [1.82, 2.24) is 16.0 Å². The Labute approximate surface area is 105 Å². The fourth-order valence-electron chi connectivity index (χ4n) is 0.898. The molecule has 3 N–H and O–H groups in total. The second kappa shape index (κ2) is 8.81. The van der Waals surface area contributed by atoms with Gasteiger partial charge in [-0.1, -0.05) is 6.92 Å². The van der Waals surface area contributed by atoms with Crippen molar-refractivity contribution in [1.29, 1.82) is 0 Å². The number of imide groups is 1. The molecule has 0 saturated carbocycles. The van der Waals surface area contributed by atoms with E-state index in [0.717, 1.165) is 6.42 Å². The highest BCUT2D eigenvalue weighted by atomic mass is 35.5. The third-order valence-electron chi connectivity index (χ3n) is 1.81. The standard InChI is InChI=1S/C10H18ClN3O3/c1-3-5-12-8(15)4-6-13-10(17)14-9(16)7(2)11/h7H,3-6H2,1-2H3,(H,12,15)(H2,13,14,16,17). The van der Waals surface area contributed by atoms with E-state index in [1.54, 1.807) is 0 Å². The smallest absolute Gasteiger partial charge is 0.321 e. The Morgan fingerprint density at radius 2 is 1.82 bits per heavy atom. The van der Waals surface area contributed by atoms with Gasteiger partial charge >= 0.3 is 6.03 Å². The van der Waals surface area contributed by atoms with Crippen molar-refractivity contribution in [3.8, 4) is 0 Å². The van der Waals surface area contributed by atoms with Crippen LogP contribution >= 0.6 is 11.6 Å². The minimum absolute atomic E-state index is 0.135. The summed E-state index contributed by atoms with van der Waals surface area (Å²) in [5.74, 6) is -0.705. The molecule has 0 aromatic rings. The molecule has 17 heavy (non-hydrogen) atoms. The Bertz CT molecular complexity index is 282. The number of rotatable bonds is 6. The van der Waals surface area contributed by atoms with Crippen molar-refractivity contribution in [2.45, 2.75) is 32.1 Å². The molecule has 0 fully saturated rings. The quantitative estimate of drug-likeness (QED) is 0.605. The second-order valence-corrected chi connectivity index (χ2v) is 4.12. The number of urea groups is 1. The van der Waals surface area contributed by atoms with Gasteiger partial charge in [0, 0.05) is 19.5 Å². The molecule has 1 atom stereocenters. The van der Waals surface area contributed by atoms with Crippen molar-refractivity contribution in [2.75, 3.05) is 13.1 Å². The van der Waals surface area contributed by atoms with Gasteiger partial charge in [0.25, 0.3) is 0 Å². The van der Waals surface area contributed by atoms with Gasteiger partial charge in [-0.3, -0.25) is 14.9 Å². The number of hydrogen-bond donors (Lipinski definition) is 3. The summed E-state index contributed by atoms with van der Waals surface area (Å²) >= 11 is 5.46. The molecular formula is C10H18ClN3O3. The van der Waals surface area contributed by atoms with Gasteiger partial charge in [0.05, 0.1) is 0 Å². The van der Waals surface area contributed by atoms with E-state index in [2.05, 4.69) is 10.6 Å². The maximum atomic E-state index is 11.1. The number of carbonyl (C=O) groups is 3. The highest BCUT2D eigenvalue weighted by molar-refractivity contribution is 6.31. The van der Waals surface area contributed by atoms with Crippen molar-refractivity contribution in [2.24, 2.45) is 0 Å². The van der Waals surface area contributed by atoms with Crippen LogP contribution in [0.4, 0.5) is 4.79 Å². The SMILES string of the molecule is CCCNC(=O)CCNC(=O)NC(=O)C(C)Cl. The summed E-state index contributed by atoms with van der Waals surface area (Å²) in [4.78, 5) is 33.3. The number of halogens is 1. The third kappa shape index (κ3) is 8.50. The zero-order valence-electron chi connectivity index (χ0n) is 10.0. The van der Waals surface area contributed by atoms with Gasteiger partial charge in [-0.2, -0.15) is 0 Å². The van der Waals surface area contributed by atoms with E-state index < -0.39 is 17.3 Å². The molecule has 4 amide bonds. The van der Waals surface area contributed by atoms with Crippen molar-refractivity contribution < 1.29 is 14.4 Å². The van der Waals surface area contributed by atoms with Gasteiger partial charge in [-0.15, -0.1) is 11.6 Å². The Balaban J connectivity index is 3.64. The molecule has 0 rings (SSSR count). The first-order valence-electron chi connectivity index (χ1n) is 5.46. The van der Waals surface area contributed by atoms with E-state index in [0.29, 0.717) is 6.54 Å². The van der Waals surface area contributed by atoms with E-state index in [1.165, 1.54) is 6.92 Å². The number of carbonyl (C=O) groups excluding carboxylic acids is 3. The van der Waals surface area contributed by atoms with Crippen LogP contribution in [-0.4, -0.2) is 36.3 Å². The molecule has 0 heterocycles. The van der Waals surface area contributed by atoms with Crippen LogP contribution in [0.2, 0.25) is 0 Å². The number of nitrogens with one attached hydrogen (secondary N) is 3. The monoisotopic (exact) mass is 263 g/mol. The fourth-order valence-corrected chi connectivity index (χ4v) is 0.952. The van der Waals surface area contributed by atoms with E-state index in [4.69, 9.17) is 11.6 Å². The predicted octanol–water partition coefficient (Wildman–Crippen LogP) is 0.356. The summed E-state index contributed by atoms with van der Waals surface area (Å²) in [6.07, 6.45) is 1.04. The van der Waals surface area contributed by atoms with Crippen LogP contribution in [-0.2, 0) is 9.59 Å². The lowest BCUT2D eigenvalue weighted by Gasteiger charge is -2.07. The summed E-state index contributed by atoms with van der Waals surface area (Å²) in [5.41, 5.74) is 0. The highest BCUT2D eigenvalue weighted by Crippen LogP contribution is 1.91. The lowest BCUT2D eigenvalue weighted by molar-refractivity contribution is -0.121. The molecular weight excluding hydrogens is 246 g/mol. The lowest BCUT2D eigenvalue weighted by Crippen LogP contribution is -2.43. The van der Waals surface area contributed by atoms with E-state index in [-0.39, 0.29) is 18.9 Å². The van der Waals surface area contributed by atoms with Gasteiger partial charge in [-0.25, -0.2) is 4.79 Å². The predicted molar refractivity (Wildman–Crippen MR) is 64.8 cm³/mol. The maximum Gasteiger partial charge on any atom is 0.321 e. The molecule has 7 heteroatoms. The summed E-state index contributed by atoms with van der Waals surface area (Å²) in [6.45, 7) is 4.20. The average Bonchev–Trinajstić information content (AvgIpc) is 2.26. The topological polar surface area (TPSA) is 87.3 Å². The first kappa shape index (κ1) is 15.7. The third-order valence-corrected chi connectivity index (χ3v) is 2.01. The van der Waals surface area contributed by atoms with Gasteiger partial charge in [0.15, 0.2) is 0 Å². The zero-order chi connectivity index (χ0) is 13.3. The zero-order valence-corrected chi connectivity index (χ0v) is 10.8.